The van der Waals surface area contributed by atoms with Gasteiger partial charge in [-0.2, -0.15) is 0 Å². The number of esters is 1. The van der Waals surface area contributed by atoms with Gasteiger partial charge in [-0.25, -0.2) is 4.79 Å². The molecule has 0 rings (SSSR count). The molecule has 0 aliphatic heterocycles. The monoisotopic (exact) mass is 231 g/mol. The highest BCUT2D eigenvalue weighted by Crippen LogP contribution is 1.89. The Morgan fingerprint density at radius 1 is 1.44 bits per heavy atom. The van der Waals surface area contributed by atoms with Gasteiger partial charge in [0.15, 0.2) is 0 Å². The zero-order valence-electron chi connectivity index (χ0n) is 9.23. The van der Waals surface area contributed by atoms with E-state index in [0.29, 0.717) is 5.57 Å². The number of rotatable bonds is 5. The highest BCUT2D eigenvalue weighted by atomic mass is 16.5. The smallest absolute Gasteiger partial charge is 0.333 e. The Morgan fingerprint density at radius 2 is 2.00 bits per heavy atom. The Balaban J connectivity index is 0. The maximum absolute atomic E-state index is 10.5. The van der Waals surface area contributed by atoms with Crippen molar-refractivity contribution in [3.63, 3.8) is 0 Å². The minimum Gasteiger partial charge on any atom is -0.460 e. The molecule has 3 N–H and O–H groups in total. The Hall–Kier alpha value is -1.66. The van der Waals surface area contributed by atoms with Gasteiger partial charge in [0, 0.05) is 5.57 Å². The summed E-state index contributed by atoms with van der Waals surface area (Å²) >= 11 is 0. The SMILES string of the molecule is C=C(C)C(=O)OCCO.C=CC(=O)NCO. The van der Waals surface area contributed by atoms with Crippen molar-refractivity contribution < 1.29 is 24.5 Å². The molecule has 0 aromatic rings. The van der Waals surface area contributed by atoms with Gasteiger partial charge in [0.1, 0.15) is 13.3 Å². The molecule has 0 bridgehead atoms. The molecular weight excluding hydrogens is 214 g/mol. The van der Waals surface area contributed by atoms with Crippen LogP contribution in [0.1, 0.15) is 6.92 Å². The Morgan fingerprint density at radius 3 is 2.25 bits per heavy atom. The second-order valence-electron chi connectivity index (χ2n) is 2.54. The van der Waals surface area contributed by atoms with Gasteiger partial charge < -0.3 is 20.3 Å². The largest absolute Gasteiger partial charge is 0.460 e. The van der Waals surface area contributed by atoms with Crippen LogP contribution in [-0.4, -0.2) is 42.0 Å². The quantitative estimate of drug-likeness (QED) is 0.331. The van der Waals surface area contributed by atoms with Crippen LogP contribution >= 0.6 is 0 Å². The van der Waals surface area contributed by atoms with Crippen molar-refractivity contribution in [3.05, 3.63) is 24.8 Å². The van der Waals surface area contributed by atoms with Crippen LogP contribution in [0.5, 0.6) is 0 Å². The summed E-state index contributed by atoms with van der Waals surface area (Å²) in [5.41, 5.74) is 0.350. The van der Waals surface area contributed by atoms with E-state index in [1.807, 2.05) is 0 Å². The van der Waals surface area contributed by atoms with Gasteiger partial charge >= 0.3 is 5.97 Å². The lowest BCUT2D eigenvalue weighted by molar-refractivity contribution is -0.139. The molecule has 0 aromatic heterocycles. The molecule has 1 amide bonds. The first-order valence-corrected chi connectivity index (χ1v) is 4.44. The van der Waals surface area contributed by atoms with E-state index >= 15 is 0 Å². The predicted molar refractivity (Wildman–Crippen MR) is 58.3 cm³/mol. The summed E-state index contributed by atoms with van der Waals surface area (Å²) < 4.78 is 4.46. The highest BCUT2D eigenvalue weighted by molar-refractivity contribution is 5.87. The van der Waals surface area contributed by atoms with Gasteiger partial charge in [-0.1, -0.05) is 13.2 Å². The molecule has 0 heterocycles. The average Bonchev–Trinajstić information content (AvgIpc) is 2.26. The summed E-state index contributed by atoms with van der Waals surface area (Å²) in [5, 5.41) is 18.3. The minimum absolute atomic E-state index is 0.0473. The van der Waals surface area contributed by atoms with Crippen molar-refractivity contribution in [2.24, 2.45) is 0 Å². The van der Waals surface area contributed by atoms with Gasteiger partial charge in [0.25, 0.3) is 0 Å². The van der Waals surface area contributed by atoms with Crippen LogP contribution in [-0.2, 0) is 14.3 Å². The van der Waals surface area contributed by atoms with E-state index < -0.39 is 5.97 Å². The van der Waals surface area contributed by atoms with Crippen LogP contribution in [0.4, 0.5) is 0 Å². The topological polar surface area (TPSA) is 95.9 Å². The maximum Gasteiger partial charge on any atom is 0.333 e. The van der Waals surface area contributed by atoms with Crippen molar-refractivity contribution >= 4 is 11.9 Å². The van der Waals surface area contributed by atoms with E-state index in [0.717, 1.165) is 6.08 Å². The number of aliphatic hydroxyl groups excluding tert-OH is 2. The van der Waals surface area contributed by atoms with Crippen LogP contribution in [0, 0.1) is 0 Å². The number of nitrogens with one attached hydrogen (secondary N) is 1. The molecule has 16 heavy (non-hydrogen) atoms. The second-order valence-corrected chi connectivity index (χ2v) is 2.54. The summed E-state index contributed by atoms with van der Waals surface area (Å²) in [6.07, 6.45) is 1.09. The van der Waals surface area contributed by atoms with E-state index in [4.69, 9.17) is 10.2 Å². The van der Waals surface area contributed by atoms with Crippen LogP contribution < -0.4 is 5.32 Å². The lowest BCUT2D eigenvalue weighted by Gasteiger charge is -1.99. The fourth-order valence-corrected chi connectivity index (χ4v) is 0.412. The molecule has 0 saturated heterocycles. The molecule has 0 aromatic carbocycles. The van der Waals surface area contributed by atoms with Crippen molar-refractivity contribution in [1.29, 1.82) is 0 Å². The highest BCUT2D eigenvalue weighted by Gasteiger charge is 1.99. The van der Waals surface area contributed by atoms with Gasteiger partial charge in [-0.15, -0.1) is 0 Å². The number of hydrogen-bond acceptors (Lipinski definition) is 5. The molecule has 6 heteroatoms. The fourth-order valence-electron chi connectivity index (χ4n) is 0.412. The van der Waals surface area contributed by atoms with Crippen LogP contribution in [0.3, 0.4) is 0 Å². The van der Waals surface area contributed by atoms with Crippen molar-refractivity contribution in [2.45, 2.75) is 6.92 Å². The zero-order chi connectivity index (χ0) is 13.0. The van der Waals surface area contributed by atoms with E-state index in [2.05, 4.69) is 23.2 Å². The molecule has 0 radical (unpaired) electrons. The number of amides is 1. The Labute approximate surface area is 94.2 Å². The van der Waals surface area contributed by atoms with Crippen LogP contribution in [0.25, 0.3) is 0 Å². The average molecular weight is 231 g/mol. The predicted octanol–water partition coefficient (Wildman–Crippen LogP) is -0.664. The van der Waals surface area contributed by atoms with Crippen molar-refractivity contribution in [1.82, 2.24) is 5.32 Å². The van der Waals surface area contributed by atoms with E-state index in [9.17, 15) is 9.59 Å². The molecular formula is C10H17NO5. The Bertz CT molecular complexity index is 250. The van der Waals surface area contributed by atoms with Crippen LogP contribution in [0.2, 0.25) is 0 Å². The fraction of sp³-hybridized carbons (Fsp3) is 0.400. The summed E-state index contributed by atoms with van der Waals surface area (Å²) in [7, 11) is 0. The maximum atomic E-state index is 10.5. The molecule has 0 aliphatic carbocycles. The third kappa shape index (κ3) is 12.3. The third-order valence-electron chi connectivity index (χ3n) is 1.11. The number of carbonyl (C=O) groups excluding carboxylic acids is 2. The molecule has 0 unspecified atom stereocenters. The van der Waals surface area contributed by atoms with Gasteiger partial charge in [0.05, 0.1) is 6.61 Å². The van der Waals surface area contributed by atoms with E-state index in [-0.39, 0.29) is 25.9 Å². The summed E-state index contributed by atoms with van der Waals surface area (Å²) in [5.74, 6) is -0.813. The summed E-state index contributed by atoms with van der Waals surface area (Å²) in [6.45, 7) is 7.64. The molecule has 6 nitrogen and oxygen atoms in total. The van der Waals surface area contributed by atoms with Gasteiger partial charge in [-0.3, -0.25) is 4.79 Å². The van der Waals surface area contributed by atoms with E-state index in [1.54, 1.807) is 6.92 Å². The standard InChI is InChI=1S/C6H10O3.C4H7NO2/c1-5(2)6(8)9-4-3-7;1-2-4(7)5-3-6/h7H,1,3-4H2,2H3;2,6H,1,3H2,(H,5,7). The molecule has 0 fully saturated rings. The first-order valence-electron chi connectivity index (χ1n) is 4.44. The number of hydrogen-bond donors (Lipinski definition) is 3. The summed E-state index contributed by atoms with van der Waals surface area (Å²) in [4.78, 5) is 20.5. The normalized spacial score (nSPS) is 8.19. The molecule has 92 valence electrons. The summed E-state index contributed by atoms with van der Waals surface area (Å²) in [6, 6.07) is 0. The molecule has 0 saturated carbocycles. The van der Waals surface area contributed by atoms with Crippen LogP contribution in [0.15, 0.2) is 24.8 Å². The third-order valence-corrected chi connectivity index (χ3v) is 1.11. The second kappa shape index (κ2) is 11.4. The van der Waals surface area contributed by atoms with Gasteiger partial charge in [0.2, 0.25) is 5.91 Å². The molecule has 0 aliphatic rings. The number of aliphatic hydroxyl groups is 2. The first-order chi connectivity index (χ1) is 7.49. The van der Waals surface area contributed by atoms with Crippen molar-refractivity contribution in [3.8, 4) is 0 Å². The number of ether oxygens (including phenoxy) is 1. The lowest BCUT2D eigenvalue weighted by atomic mass is 10.4. The minimum atomic E-state index is -0.455. The zero-order valence-corrected chi connectivity index (χ0v) is 9.23. The Kier molecular flexibility index (Phi) is 12.0. The first kappa shape index (κ1) is 16.8. The van der Waals surface area contributed by atoms with E-state index in [1.165, 1.54) is 0 Å². The molecule has 0 spiro atoms. The molecule has 0 atom stereocenters. The number of carbonyl (C=O) groups is 2. The van der Waals surface area contributed by atoms with Crippen molar-refractivity contribution in [2.75, 3.05) is 19.9 Å². The van der Waals surface area contributed by atoms with Gasteiger partial charge in [-0.05, 0) is 13.0 Å². The lowest BCUT2D eigenvalue weighted by Crippen LogP contribution is -2.20.